The summed E-state index contributed by atoms with van der Waals surface area (Å²) in [5.41, 5.74) is 0.364. The summed E-state index contributed by atoms with van der Waals surface area (Å²) in [6.45, 7) is 0.729. The van der Waals surface area contributed by atoms with Crippen molar-refractivity contribution in [1.82, 2.24) is 5.32 Å². The van der Waals surface area contributed by atoms with E-state index in [2.05, 4.69) is 5.32 Å². The molecule has 1 saturated carbocycles. The summed E-state index contributed by atoms with van der Waals surface area (Å²) in [6, 6.07) is 6.66. The lowest BCUT2D eigenvalue weighted by Gasteiger charge is -2.21. The quantitative estimate of drug-likeness (QED) is 0.843. The molecule has 1 aromatic carbocycles. The van der Waals surface area contributed by atoms with E-state index in [0.717, 1.165) is 6.54 Å². The highest BCUT2D eigenvalue weighted by atomic mass is 16.3. The van der Waals surface area contributed by atoms with Crippen LogP contribution in [0.3, 0.4) is 0 Å². The van der Waals surface area contributed by atoms with Crippen LogP contribution in [-0.2, 0) is 0 Å². The molecule has 2 N–H and O–H groups in total. The first kappa shape index (κ1) is 12.0. The first-order valence-corrected chi connectivity index (χ1v) is 6.33. The van der Waals surface area contributed by atoms with Crippen LogP contribution in [0.2, 0.25) is 0 Å². The molecule has 0 atom stereocenters. The van der Waals surface area contributed by atoms with E-state index in [1.165, 1.54) is 38.2 Å². The highest BCUT2D eigenvalue weighted by Crippen LogP contribution is 2.23. The van der Waals surface area contributed by atoms with Crippen LogP contribution in [0, 0.1) is 5.92 Å². The Labute approximate surface area is 102 Å². The number of carbonyl (C=O) groups excluding carboxylic acids is 1. The summed E-state index contributed by atoms with van der Waals surface area (Å²) in [6.07, 6.45) is 6.29. The summed E-state index contributed by atoms with van der Waals surface area (Å²) in [5.74, 6) is 0.487. The zero-order valence-electron chi connectivity index (χ0n) is 9.98. The van der Waals surface area contributed by atoms with E-state index < -0.39 is 0 Å². The Balaban J connectivity index is 1.87. The van der Waals surface area contributed by atoms with Gasteiger partial charge in [-0.1, -0.05) is 31.4 Å². The van der Waals surface area contributed by atoms with Crippen LogP contribution in [0.25, 0.3) is 0 Å². The summed E-state index contributed by atoms with van der Waals surface area (Å²) < 4.78 is 0. The van der Waals surface area contributed by atoms with Gasteiger partial charge in [-0.05, 0) is 30.9 Å². The second kappa shape index (κ2) is 5.71. The van der Waals surface area contributed by atoms with Crippen molar-refractivity contribution in [1.29, 1.82) is 0 Å². The SMILES string of the molecule is O=C(NCC1CCCCC1)c1ccccc1O. The summed E-state index contributed by atoms with van der Waals surface area (Å²) in [4.78, 5) is 11.8. The molecule has 1 aromatic rings. The van der Waals surface area contributed by atoms with Crippen molar-refractivity contribution in [2.45, 2.75) is 32.1 Å². The van der Waals surface area contributed by atoms with Crippen molar-refractivity contribution in [3.05, 3.63) is 29.8 Å². The fraction of sp³-hybridized carbons (Fsp3) is 0.500. The van der Waals surface area contributed by atoms with E-state index in [0.29, 0.717) is 11.5 Å². The molecule has 0 aliphatic heterocycles. The van der Waals surface area contributed by atoms with Gasteiger partial charge in [0, 0.05) is 6.54 Å². The lowest BCUT2D eigenvalue weighted by molar-refractivity contribution is 0.0941. The van der Waals surface area contributed by atoms with Gasteiger partial charge in [0.2, 0.25) is 0 Å². The molecular weight excluding hydrogens is 214 g/mol. The Morgan fingerprint density at radius 1 is 1.24 bits per heavy atom. The number of hydrogen-bond donors (Lipinski definition) is 2. The second-order valence-electron chi connectivity index (χ2n) is 4.73. The average molecular weight is 233 g/mol. The van der Waals surface area contributed by atoms with E-state index in [9.17, 15) is 9.90 Å². The number of benzene rings is 1. The molecule has 0 bridgehead atoms. The molecule has 1 aliphatic carbocycles. The third kappa shape index (κ3) is 3.22. The molecular formula is C14H19NO2. The third-order valence-electron chi connectivity index (χ3n) is 3.42. The number of nitrogens with one attached hydrogen (secondary N) is 1. The fourth-order valence-electron chi connectivity index (χ4n) is 2.39. The summed E-state index contributed by atoms with van der Waals surface area (Å²) >= 11 is 0. The molecule has 0 radical (unpaired) electrons. The molecule has 3 nitrogen and oxygen atoms in total. The first-order valence-electron chi connectivity index (χ1n) is 6.33. The molecule has 17 heavy (non-hydrogen) atoms. The average Bonchev–Trinajstić information content (AvgIpc) is 2.38. The maximum absolute atomic E-state index is 11.8. The van der Waals surface area contributed by atoms with Gasteiger partial charge in [-0.15, -0.1) is 0 Å². The number of hydrogen-bond acceptors (Lipinski definition) is 2. The monoisotopic (exact) mass is 233 g/mol. The summed E-state index contributed by atoms with van der Waals surface area (Å²) in [5, 5.41) is 12.5. The number of amides is 1. The lowest BCUT2D eigenvalue weighted by atomic mass is 9.89. The van der Waals surface area contributed by atoms with Crippen molar-refractivity contribution in [2.75, 3.05) is 6.54 Å². The molecule has 92 valence electrons. The Morgan fingerprint density at radius 3 is 2.65 bits per heavy atom. The van der Waals surface area contributed by atoms with Crippen molar-refractivity contribution in [2.24, 2.45) is 5.92 Å². The van der Waals surface area contributed by atoms with Crippen LogP contribution in [0.1, 0.15) is 42.5 Å². The molecule has 0 heterocycles. The zero-order chi connectivity index (χ0) is 12.1. The molecule has 0 unspecified atom stereocenters. The van der Waals surface area contributed by atoms with Crippen LogP contribution in [-0.4, -0.2) is 17.6 Å². The third-order valence-corrected chi connectivity index (χ3v) is 3.42. The number of carbonyl (C=O) groups is 1. The molecule has 1 aliphatic rings. The minimum atomic E-state index is -0.173. The van der Waals surface area contributed by atoms with Crippen LogP contribution in [0.5, 0.6) is 5.75 Å². The topological polar surface area (TPSA) is 49.3 Å². The van der Waals surface area contributed by atoms with E-state index >= 15 is 0 Å². The predicted molar refractivity (Wildman–Crippen MR) is 67.0 cm³/mol. The maximum atomic E-state index is 11.8. The highest BCUT2D eigenvalue weighted by Gasteiger charge is 2.15. The minimum Gasteiger partial charge on any atom is -0.507 e. The standard InChI is InChI=1S/C14H19NO2/c16-13-9-5-4-8-12(13)14(17)15-10-11-6-2-1-3-7-11/h4-5,8-9,11,16H,1-3,6-7,10H2,(H,15,17). The molecule has 1 amide bonds. The van der Waals surface area contributed by atoms with Gasteiger partial charge in [0.1, 0.15) is 5.75 Å². The van der Waals surface area contributed by atoms with Gasteiger partial charge in [-0.2, -0.15) is 0 Å². The van der Waals surface area contributed by atoms with Gasteiger partial charge in [-0.25, -0.2) is 0 Å². The van der Waals surface area contributed by atoms with Gasteiger partial charge in [0.15, 0.2) is 0 Å². The van der Waals surface area contributed by atoms with E-state index in [1.807, 2.05) is 0 Å². The van der Waals surface area contributed by atoms with Crippen LogP contribution < -0.4 is 5.32 Å². The molecule has 3 heteroatoms. The van der Waals surface area contributed by atoms with Crippen LogP contribution in [0.15, 0.2) is 24.3 Å². The van der Waals surface area contributed by atoms with Crippen LogP contribution >= 0.6 is 0 Å². The smallest absolute Gasteiger partial charge is 0.255 e. The largest absolute Gasteiger partial charge is 0.507 e. The molecule has 0 spiro atoms. The van der Waals surface area contributed by atoms with E-state index in [-0.39, 0.29) is 11.7 Å². The normalized spacial score (nSPS) is 16.7. The number of aromatic hydroxyl groups is 1. The minimum absolute atomic E-state index is 0.0497. The predicted octanol–water partition coefficient (Wildman–Crippen LogP) is 2.70. The molecule has 0 saturated heterocycles. The maximum Gasteiger partial charge on any atom is 0.255 e. The Kier molecular flexibility index (Phi) is 4.02. The summed E-state index contributed by atoms with van der Waals surface area (Å²) in [7, 11) is 0. The van der Waals surface area contributed by atoms with Crippen molar-refractivity contribution in [3.8, 4) is 5.75 Å². The first-order chi connectivity index (χ1) is 8.27. The molecule has 1 fully saturated rings. The number of rotatable bonds is 3. The van der Waals surface area contributed by atoms with E-state index in [4.69, 9.17) is 0 Å². The Bertz CT molecular complexity index is 384. The van der Waals surface area contributed by atoms with Crippen molar-refractivity contribution < 1.29 is 9.90 Å². The van der Waals surface area contributed by atoms with Crippen LogP contribution in [0.4, 0.5) is 0 Å². The number of phenolic OH excluding ortho intramolecular Hbond substituents is 1. The van der Waals surface area contributed by atoms with Gasteiger partial charge in [0.25, 0.3) is 5.91 Å². The number of phenols is 1. The molecule has 0 aromatic heterocycles. The zero-order valence-corrected chi connectivity index (χ0v) is 9.98. The van der Waals surface area contributed by atoms with Crippen molar-refractivity contribution in [3.63, 3.8) is 0 Å². The van der Waals surface area contributed by atoms with E-state index in [1.54, 1.807) is 18.2 Å². The van der Waals surface area contributed by atoms with Crippen molar-refractivity contribution >= 4 is 5.91 Å². The lowest BCUT2D eigenvalue weighted by Crippen LogP contribution is -2.30. The molecule has 2 rings (SSSR count). The van der Waals surface area contributed by atoms with Gasteiger partial charge < -0.3 is 10.4 Å². The highest BCUT2D eigenvalue weighted by molar-refractivity contribution is 5.96. The van der Waals surface area contributed by atoms with Gasteiger partial charge in [0.05, 0.1) is 5.56 Å². The fourth-order valence-corrected chi connectivity index (χ4v) is 2.39. The Morgan fingerprint density at radius 2 is 1.94 bits per heavy atom. The van der Waals surface area contributed by atoms with Gasteiger partial charge in [-0.3, -0.25) is 4.79 Å². The Hall–Kier alpha value is -1.51. The number of para-hydroxylation sites is 1. The van der Waals surface area contributed by atoms with Gasteiger partial charge >= 0.3 is 0 Å². The second-order valence-corrected chi connectivity index (χ2v) is 4.73.